The quantitative estimate of drug-likeness (QED) is 0.863. The zero-order valence-corrected chi connectivity index (χ0v) is 11.3. The first kappa shape index (κ1) is 12.4. The smallest absolute Gasteiger partial charge is 0.107 e. The van der Waals surface area contributed by atoms with Crippen LogP contribution in [0.15, 0.2) is 24.4 Å². The highest BCUT2D eigenvalue weighted by Gasteiger charge is 2.10. The number of hydrogen-bond donors (Lipinski definition) is 1. The Hall–Kier alpha value is -1.10. The van der Waals surface area contributed by atoms with Crippen molar-refractivity contribution >= 4 is 40.4 Å². The van der Waals surface area contributed by atoms with Gasteiger partial charge in [0.2, 0.25) is 0 Å². The van der Waals surface area contributed by atoms with E-state index in [2.05, 4.69) is 5.10 Å². The molecule has 2 N–H and O–H groups in total. The van der Waals surface area contributed by atoms with Crippen molar-refractivity contribution in [3.8, 4) is 5.69 Å². The molecule has 0 bridgehead atoms. The fourth-order valence-corrected chi connectivity index (χ4v) is 2.02. The monoisotopic (exact) mass is 285 g/mol. The molecule has 0 aliphatic heterocycles. The second-order valence-electron chi connectivity index (χ2n) is 3.52. The summed E-state index contributed by atoms with van der Waals surface area (Å²) in [7, 11) is 0. The van der Waals surface area contributed by atoms with Crippen LogP contribution >= 0.6 is 35.4 Å². The molecular weight excluding hydrogens is 277 g/mol. The van der Waals surface area contributed by atoms with Gasteiger partial charge in [-0.1, -0.05) is 35.4 Å². The van der Waals surface area contributed by atoms with E-state index in [1.54, 1.807) is 23.0 Å². The zero-order valence-electron chi connectivity index (χ0n) is 8.95. The fourth-order valence-electron chi connectivity index (χ4n) is 1.53. The van der Waals surface area contributed by atoms with Gasteiger partial charge in [0.05, 0.1) is 33.2 Å². The van der Waals surface area contributed by atoms with Crippen molar-refractivity contribution in [2.24, 2.45) is 5.73 Å². The number of rotatable bonds is 2. The highest BCUT2D eigenvalue weighted by molar-refractivity contribution is 7.80. The van der Waals surface area contributed by atoms with Gasteiger partial charge in [0, 0.05) is 0 Å². The van der Waals surface area contributed by atoms with Crippen LogP contribution in [0.3, 0.4) is 0 Å². The number of aromatic nitrogens is 2. The van der Waals surface area contributed by atoms with Gasteiger partial charge in [-0.3, -0.25) is 0 Å². The van der Waals surface area contributed by atoms with Crippen LogP contribution in [-0.2, 0) is 0 Å². The summed E-state index contributed by atoms with van der Waals surface area (Å²) < 4.78 is 1.72. The highest BCUT2D eigenvalue weighted by atomic mass is 35.5. The summed E-state index contributed by atoms with van der Waals surface area (Å²) in [4.78, 5) is 0.328. The molecule has 2 aromatic rings. The van der Waals surface area contributed by atoms with E-state index < -0.39 is 0 Å². The first-order chi connectivity index (χ1) is 8.00. The van der Waals surface area contributed by atoms with E-state index in [1.165, 1.54) is 0 Å². The second-order valence-corrected chi connectivity index (χ2v) is 4.77. The molecule has 0 spiro atoms. The van der Waals surface area contributed by atoms with E-state index in [0.29, 0.717) is 15.0 Å². The van der Waals surface area contributed by atoms with E-state index in [9.17, 15) is 0 Å². The molecule has 0 aliphatic carbocycles. The Morgan fingerprint density at radius 2 is 2.06 bits per heavy atom. The van der Waals surface area contributed by atoms with Gasteiger partial charge in [0.25, 0.3) is 0 Å². The van der Waals surface area contributed by atoms with Crippen molar-refractivity contribution in [1.82, 2.24) is 9.78 Å². The van der Waals surface area contributed by atoms with Crippen LogP contribution in [0.5, 0.6) is 0 Å². The van der Waals surface area contributed by atoms with Crippen LogP contribution < -0.4 is 5.73 Å². The van der Waals surface area contributed by atoms with Crippen LogP contribution in [0.1, 0.15) is 11.3 Å². The molecule has 2 rings (SSSR count). The lowest BCUT2D eigenvalue weighted by Gasteiger charge is -2.06. The first-order valence-electron chi connectivity index (χ1n) is 4.80. The fraction of sp³-hybridized carbons (Fsp3) is 0.0909. The molecule has 0 amide bonds. The lowest BCUT2D eigenvalue weighted by molar-refractivity contribution is 0.847. The van der Waals surface area contributed by atoms with Crippen molar-refractivity contribution < 1.29 is 0 Å². The summed E-state index contributed by atoms with van der Waals surface area (Å²) in [5.41, 5.74) is 8.04. The van der Waals surface area contributed by atoms with Crippen LogP contribution in [0, 0.1) is 6.92 Å². The topological polar surface area (TPSA) is 43.8 Å². The first-order valence-corrected chi connectivity index (χ1v) is 5.97. The van der Waals surface area contributed by atoms with Crippen LogP contribution in [0.2, 0.25) is 10.0 Å². The Morgan fingerprint density at radius 1 is 1.35 bits per heavy atom. The third kappa shape index (κ3) is 2.29. The minimum Gasteiger partial charge on any atom is -0.389 e. The molecule has 88 valence electrons. The molecular formula is C11H9Cl2N3S. The maximum atomic E-state index is 5.96. The molecule has 1 aromatic carbocycles. The molecule has 0 unspecified atom stereocenters. The van der Waals surface area contributed by atoms with E-state index in [0.717, 1.165) is 16.9 Å². The van der Waals surface area contributed by atoms with Crippen molar-refractivity contribution in [2.75, 3.05) is 0 Å². The lowest BCUT2D eigenvalue weighted by atomic mass is 10.2. The van der Waals surface area contributed by atoms with Gasteiger partial charge in [-0.15, -0.1) is 0 Å². The standard InChI is InChI=1S/C11H9Cl2N3S/c1-6-8(11(14)17)5-15-16(6)7-2-3-9(12)10(13)4-7/h2-5H,1H3,(H2,14,17). The highest BCUT2D eigenvalue weighted by Crippen LogP contribution is 2.25. The van der Waals surface area contributed by atoms with E-state index >= 15 is 0 Å². The number of benzene rings is 1. The Balaban J connectivity index is 2.53. The average molecular weight is 286 g/mol. The molecule has 6 heteroatoms. The van der Waals surface area contributed by atoms with Gasteiger partial charge in [0.1, 0.15) is 4.99 Å². The van der Waals surface area contributed by atoms with E-state index in [1.807, 2.05) is 13.0 Å². The van der Waals surface area contributed by atoms with Crippen LogP contribution in [0.25, 0.3) is 5.69 Å². The molecule has 1 aromatic heterocycles. The largest absolute Gasteiger partial charge is 0.389 e. The summed E-state index contributed by atoms with van der Waals surface area (Å²) in [6.07, 6.45) is 1.64. The molecule has 1 heterocycles. The molecule has 0 saturated carbocycles. The second kappa shape index (κ2) is 4.64. The van der Waals surface area contributed by atoms with Gasteiger partial charge in [-0.2, -0.15) is 5.10 Å². The number of halogens is 2. The summed E-state index contributed by atoms with van der Waals surface area (Å²) >= 11 is 16.8. The van der Waals surface area contributed by atoms with Gasteiger partial charge in [0.15, 0.2) is 0 Å². The average Bonchev–Trinajstić information content (AvgIpc) is 2.64. The van der Waals surface area contributed by atoms with Gasteiger partial charge in [-0.25, -0.2) is 4.68 Å². The summed E-state index contributed by atoms with van der Waals surface area (Å²) in [6.45, 7) is 1.89. The third-order valence-corrected chi connectivity index (χ3v) is 3.38. The Kier molecular flexibility index (Phi) is 3.38. The maximum Gasteiger partial charge on any atom is 0.107 e. The molecule has 0 aliphatic rings. The Labute approximate surface area is 114 Å². The van der Waals surface area contributed by atoms with Crippen molar-refractivity contribution in [1.29, 1.82) is 0 Å². The SMILES string of the molecule is Cc1c(C(N)=S)cnn1-c1ccc(Cl)c(Cl)c1. The Morgan fingerprint density at radius 3 is 2.59 bits per heavy atom. The van der Waals surface area contributed by atoms with E-state index in [4.69, 9.17) is 41.2 Å². The van der Waals surface area contributed by atoms with Crippen LogP contribution in [-0.4, -0.2) is 14.8 Å². The number of nitrogens with two attached hydrogens (primary N) is 1. The summed E-state index contributed by atoms with van der Waals surface area (Å²) in [5.74, 6) is 0. The maximum absolute atomic E-state index is 5.96. The molecule has 0 saturated heterocycles. The molecule has 0 atom stereocenters. The molecule has 17 heavy (non-hydrogen) atoms. The Bertz CT molecular complexity index is 592. The molecule has 0 fully saturated rings. The zero-order chi connectivity index (χ0) is 12.6. The number of thiocarbonyl (C=S) groups is 1. The third-order valence-electron chi connectivity index (χ3n) is 2.42. The van der Waals surface area contributed by atoms with Crippen molar-refractivity contribution in [3.63, 3.8) is 0 Å². The summed E-state index contributed by atoms with van der Waals surface area (Å²) in [5, 5.41) is 5.22. The molecule has 3 nitrogen and oxygen atoms in total. The lowest BCUT2D eigenvalue weighted by Crippen LogP contribution is -2.10. The minimum absolute atomic E-state index is 0.328. The normalized spacial score (nSPS) is 10.5. The van der Waals surface area contributed by atoms with Crippen molar-refractivity contribution in [2.45, 2.75) is 6.92 Å². The predicted octanol–water partition coefficient (Wildman–Crippen LogP) is 3.12. The molecule has 0 radical (unpaired) electrons. The van der Waals surface area contributed by atoms with Gasteiger partial charge < -0.3 is 5.73 Å². The number of hydrogen-bond acceptors (Lipinski definition) is 2. The van der Waals surface area contributed by atoms with Gasteiger partial charge in [-0.05, 0) is 25.1 Å². The minimum atomic E-state index is 0.328. The predicted molar refractivity (Wildman–Crippen MR) is 74.2 cm³/mol. The van der Waals surface area contributed by atoms with Crippen molar-refractivity contribution in [3.05, 3.63) is 45.7 Å². The van der Waals surface area contributed by atoms with Gasteiger partial charge >= 0.3 is 0 Å². The van der Waals surface area contributed by atoms with E-state index in [-0.39, 0.29) is 0 Å². The number of nitrogens with zero attached hydrogens (tertiary/aromatic N) is 2. The summed E-state index contributed by atoms with van der Waals surface area (Å²) in [6, 6.07) is 5.30. The van der Waals surface area contributed by atoms with Crippen LogP contribution in [0.4, 0.5) is 0 Å².